The lowest BCUT2D eigenvalue weighted by atomic mass is 10.2. The number of aliphatic hydroxyl groups excluding tert-OH is 1. The molecule has 0 radical (unpaired) electrons. The number of aryl methyl sites for hydroxylation is 1. The molecule has 106 valence electrons. The van der Waals surface area contributed by atoms with Crippen LogP contribution in [0.2, 0.25) is 5.02 Å². The Labute approximate surface area is 127 Å². The first-order valence-corrected chi connectivity index (χ1v) is 7.96. The van der Waals surface area contributed by atoms with Gasteiger partial charge < -0.3 is 9.67 Å². The Bertz CT molecular complexity index is 614. The highest BCUT2D eigenvalue weighted by Gasteiger charge is 2.16. The monoisotopic (exact) mass is 309 g/mol. The lowest BCUT2D eigenvalue weighted by Crippen LogP contribution is -2.02. The fourth-order valence-electron chi connectivity index (χ4n) is 2.36. The molecular weight excluding hydrogens is 294 g/mol. The molecule has 3 rings (SSSR count). The Morgan fingerprint density at radius 2 is 2.15 bits per heavy atom. The topological polar surface area (TPSA) is 50.9 Å². The molecule has 4 nitrogen and oxygen atoms in total. The zero-order valence-electron chi connectivity index (χ0n) is 11.0. The highest BCUT2D eigenvalue weighted by atomic mass is 35.5. The average Bonchev–Trinajstić information content (AvgIpc) is 2.69. The van der Waals surface area contributed by atoms with Gasteiger partial charge in [0.1, 0.15) is 5.82 Å². The van der Waals surface area contributed by atoms with Crippen LogP contribution in [0.4, 0.5) is 0 Å². The molecule has 0 spiro atoms. The molecule has 0 amide bonds. The van der Waals surface area contributed by atoms with Gasteiger partial charge in [0.15, 0.2) is 5.16 Å². The number of aromatic nitrogens is 3. The van der Waals surface area contributed by atoms with Gasteiger partial charge in [0.05, 0.1) is 11.6 Å². The second-order valence-electron chi connectivity index (χ2n) is 4.89. The maximum atomic E-state index is 9.11. The third kappa shape index (κ3) is 2.85. The van der Waals surface area contributed by atoms with Gasteiger partial charge in [0, 0.05) is 17.9 Å². The summed E-state index contributed by atoms with van der Waals surface area (Å²) in [6, 6.07) is 5.61. The highest BCUT2D eigenvalue weighted by molar-refractivity contribution is 7.99. The number of rotatable bonds is 3. The van der Waals surface area contributed by atoms with Crippen molar-refractivity contribution >= 4 is 23.4 Å². The van der Waals surface area contributed by atoms with Crippen molar-refractivity contribution in [2.45, 2.75) is 48.9 Å². The predicted octanol–water partition coefficient (Wildman–Crippen LogP) is 3.30. The van der Waals surface area contributed by atoms with E-state index in [1.54, 1.807) is 6.07 Å². The minimum absolute atomic E-state index is 0.00496. The van der Waals surface area contributed by atoms with Crippen molar-refractivity contribution in [3.8, 4) is 0 Å². The SMILES string of the molecule is OCc1ccc(Sc2nnc3n2CCCCC3)c(Cl)c1. The van der Waals surface area contributed by atoms with Gasteiger partial charge in [-0.2, -0.15) is 0 Å². The summed E-state index contributed by atoms with van der Waals surface area (Å²) in [6.07, 6.45) is 4.62. The van der Waals surface area contributed by atoms with Gasteiger partial charge in [-0.25, -0.2) is 0 Å². The molecule has 1 aliphatic rings. The van der Waals surface area contributed by atoms with E-state index in [4.69, 9.17) is 16.7 Å². The van der Waals surface area contributed by atoms with Crippen LogP contribution < -0.4 is 0 Å². The average molecular weight is 310 g/mol. The molecule has 1 aromatic heterocycles. The number of hydrogen-bond acceptors (Lipinski definition) is 4. The number of hydrogen-bond donors (Lipinski definition) is 1. The Balaban J connectivity index is 1.86. The van der Waals surface area contributed by atoms with Crippen LogP contribution in [0.5, 0.6) is 0 Å². The van der Waals surface area contributed by atoms with E-state index in [9.17, 15) is 0 Å². The van der Waals surface area contributed by atoms with Gasteiger partial charge in [0.2, 0.25) is 0 Å². The van der Waals surface area contributed by atoms with Crippen molar-refractivity contribution in [3.63, 3.8) is 0 Å². The molecule has 2 heterocycles. The minimum Gasteiger partial charge on any atom is -0.392 e. The summed E-state index contributed by atoms with van der Waals surface area (Å²) in [7, 11) is 0. The van der Waals surface area contributed by atoms with Gasteiger partial charge in [-0.15, -0.1) is 10.2 Å². The van der Waals surface area contributed by atoms with Crippen molar-refractivity contribution in [1.29, 1.82) is 0 Å². The fraction of sp³-hybridized carbons (Fsp3) is 0.429. The molecule has 0 saturated carbocycles. The van der Waals surface area contributed by atoms with Crippen LogP contribution in [0, 0.1) is 0 Å². The molecule has 0 saturated heterocycles. The molecule has 1 aliphatic heterocycles. The molecule has 1 N–H and O–H groups in total. The van der Waals surface area contributed by atoms with Crippen molar-refractivity contribution in [1.82, 2.24) is 14.8 Å². The van der Waals surface area contributed by atoms with Crippen LogP contribution in [-0.4, -0.2) is 19.9 Å². The first kappa shape index (κ1) is 13.9. The molecule has 1 aromatic carbocycles. The van der Waals surface area contributed by atoms with E-state index in [2.05, 4.69) is 14.8 Å². The van der Waals surface area contributed by atoms with E-state index in [1.165, 1.54) is 31.0 Å². The standard InChI is InChI=1S/C14H16ClN3OS/c15-11-8-10(9-19)5-6-12(11)20-14-17-16-13-4-2-1-3-7-18(13)14/h5-6,8,19H,1-4,7,9H2. The molecule has 0 unspecified atom stereocenters. The summed E-state index contributed by atoms with van der Waals surface area (Å²) >= 11 is 7.79. The van der Waals surface area contributed by atoms with Crippen LogP contribution >= 0.6 is 23.4 Å². The van der Waals surface area contributed by atoms with Crippen molar-refractivity contribution in [2.75, 3.05) is 0 Å². The van der Waals surface area contributed by atoms with E-state index in [-0.39, 0.29) is 6.61 Å². The molecule has 0 aliphatic carbocycles. The first-order chi connectivity index (χ1) is 9.78. The maximum Gasteiger partial charge on any atom is 0.196 e. The summed E-state index contributed by atoms with van der Waals surface area (Å²) in [6.45, 7) is 0.988. The van der Waals surface area contributed by atoms with Crippen LogP contribution in [-0.2, 0) is 19.6 Å². The summed E-state index contributed by atoms with van der Waals surface area (Å²) in [5.74, 6) is 1.08. The number of fused-ring (bicyclic) bond motifs is 1. The van der Waals surface area contributed by atoms with Gasteiger partial charge in [0.25, 0.3) is 0 Å². The lowest BCUT2D eigenvalue weighted by molar-refractivity contribution is 0.282. The number of halogens is 1. The predicted molar refractivity (Wildman–Crippen MR) is 79.1 cm³/mol. The summed E-state index contributed by atoms with van der Waals surface area (Å²) < 4.78 is 2.20. The number of nitrogens with zero attached hydrogens (tertiary/aromatic N) is 3. The van der Waals surface area contributed by atoms with Crippen molar-refractivity contribution in [3.05, 3.63) is 34.6 Å². The quantitative estimate of drug-likeness (QED) is 0.945. The zero-order chi connectivity index (χ0) is 13.9. The second-order valence-corrected chi connectivity index (χ2v) is 6.30. The molecule has 20 heavy (non-hydrogen) atoms. The molecule has 0 fully saturated rings. The zero-order valence-corrected chi connectivity index (χ0v) is 12.6. The summed E-state index contributed by atoms with van der Waals surface area (Å²) in [4.78, 5) is 0.948. The summed E-state index contributed by atoms with van der Waals surface area (Å²) in [5.41, 5.74) is 0.819. The van der Waals surface area contributed by atoms with E-state index in [0.717, 1.165) is 34.4 Å². The van der Waals surface area contributed by atoms with Crippen LogP contribution in [0.1, 0.15) is 30.7 Å². The first-order valence-electron chi connectivity index (χ1n) is 6.77. The van der Waals surface area contributed by atoms with E-state index in [0.29, 0.717) is 5.02 Å². The Morgan fingerprint density at radius 3 is 2.95 bits per heavy atom. The Kier molecular flexibility index (Phi) is 4.29. The third-order valence-electron chi connectivity index (χ3n) is 3.46. The van der Waals surface area contributed by atoms with Gasteiger partial charge in [-0.05, 0) is 42.3 Å². The van der Waals surface area contributed by atoms with Crippen molar-refractivity contribution in [2.24, 2.45) is 0 Å². The molecular formula is C14H16ClN3OS. The molecule has 0 atom stereocenters. The molecule has 6 heteroatoms. The van der Waals surface area contributed by atoms with Gasteiger partial charge >= 0.3 is 0 Å². The van der Waals surface area contributed by atoms with Crippen molar-refractivity contribution < 1.29 is 5.11 Å². The van der Waals surface area contributed by atoms with Gasteiger partial charge in [-0.1, -0.05) is 24.1 Å². The smallest absolute Gasteiger partial charge is 0.196 e. The van der Waals surface area contributed by atoms with Crippen LogP contribution in [0.15, 0.2) is 28.3 Å². The third-order valence-corrected chi connectivity index (χ3v) is 4.94. The van der Waals surface area contributed by atoms with Crippen LogP contribution in [0.25, 0.3) is 0 Å². The second kappa shape index (κ2) is 6.16. The van der Waals surface area contributed by atoms with Crippen LogP contribution in [0.3, 0.4) is 0 Å². The summed E-state index contributed by atoms with van der Waals surface area (Å²) in [5, 5.41) is 19.2. The van der Waals surface area contributed by atoms with E-state index >= 15 is 0 Å². The highest BCUT2D eigenvalue weighted by Crippen LogP contribution is 2.34. The maximum absolute atomic E-state index is 9.11. The number of aliphatic hydroxyl groups is 1. The minimum atomic E-state index is 0.00496. The normalized spacial score (nSPS) is 14.9. The Morgan fingerprint density at radius 1 is 1.25 bits per heavy atom. The Hall–Kier alpha value is -1.04. The fourth-order valence-corrected chi connectivity index (χ4v) is 3.55. The number of benzene rings is 1. The molecule has 2 aromatic rings. The van der Waals surface area contributed by atoms with E-state index in [1.807, 2.05) is 12.1 Å². The largest absolute Gasteiger partial charge is 0.392 e. The van der Waals surface area contributed by atoms with E-state index < -0.39 is 0 Å². The lowest BCUT2D eigenvalue weighted by Gasteiger charge is -2.08. The van der Waals surface area contributed by atoms with Gasteiger partial charge in [-0.3, -0.25) is 0 Å². The molecule has 0 bridgehead atoms.